The number of aromatic nitrogens is 2. The number of hydrogen-bond acceptors (Lipinski definition) is 6. The number of carbonyl (C=O) groups is 1. The van der Waals surface area contributed by atoms with Gasteiger partial charge in [0, 0.05) is 0 Å². The number of hydrogen-bond donors (Lipinski definition) is 2. The van der Waals surface area contributed by atoms with Crippen molar-refractivity contribution in [3.8, 4) is 11.5 Å². The van der Waals surface area contributed by atoms with Crippen LogP contribution in [0.3, 0.4) is 0 Å². The van der Waals surface area contributed by atoms with E-state index in [4.69, 9.17) is 9.47 Å². The van der Waals surface area contributed by atoms with E-state index in [1.54, 1.807) is 19.2 Å². The summed E-state index contributed by atoms with van der Waals surface area (Å²) >= 11 is 1.26. The van der Waals surface area contributed by atoms with E-state index >= 15 is 0 Å². The molecule has 27 heavy (non-hydrogen) atoms. The maximum Gasteiger partial charge on any atom is 0.325 e. The summed E-state index contributed by atoms with van der Waals surface area (Å²) in [4.78, 5) is 12.2. The van der Waals surface area contributed by atoms with Gasteiger partial charge in [0.25, 0.3) is 0 Å². The number of rotatable bonds is 6. The lowest BCUT2D eigenvalue weighted by molar-refractivity contribution is 0.262. The molecule has 0 saturated heterocycles. The lowest BCUT2D eigenvalue weighted by Gasteiger charge is -2.09. The summed E-state index contributed by atoms with van der Waals surface area (Å²) < 4.78 is 11.0. The van der Waals surface area contributed by atoms with Crippen molar-refractivity contribution >= 4 is 28.2 Å². The number of nitrogens with zero attached hydrogens (tertiary/aromatic N) is 2. The third-order valence-corrected chi connectivity index (χ3v) is 4.55. The number of ether oxygens (including phenoxy) is 2. The van der Waals surface area contributed by atoms with Crippen molar-refractivity contribution in [1.82, 2.24) is 10.2 Å². The highest BCUT2D eigenvalue weighted by atomic mass is 32.1. The number of amides is 2. The minimum absolute atomic E-state index is 0.289. The highest BCUT2D eigenvalue weighted by molar-refractivity contribution is 7.15. The molecule has 2 amide bonds. The second kappa shape index (κ2) is 8.50. The van der Waals surface area contributed by atoms with Crippen LogP contribution >= 0.6 is 11.3 Å². The van der Waals surface area contributed by atoms with Gasteiger partial charge < -0.3 is 14.8 Å². The van der Waals surface area contributed by atoms with Crippen LogP contribution in [0.4, 0.5) is 15.6 Å². The fourth-order valence-electron chi connectivity index (χ4n) is 2.36. The Bertz CT molecular complexity index is 942. The van der Waals surface area contributed by atoms with E-state index in [0.717, 1.165) is 16.9 Å². The minimum atomic E-state index is -0.419. The quantitative estimate of drug-likeness (QED) is 0.658. The van der Waals surface area contributed by atoms with Gasteiger partial charge in [-0.25, -0.2) is 4.79 Å². The maximum atomic E-state index is 12.2. The molecular formula is C19H20N4O3S. The third kappa shape index (κ3) is 4.95. The Morgan fingerprint density at radius 3 is 2.70 bits per heavy atom. The van der Waals surface area contributed by atoms with Crippen molar-refractivity contribution in [1.29, 1.82) is 0 Å². The highest BCUT2D eigenvalue weighted by Gasteiger charge is 2.11. The average molecular weight is 384 g/mol. The van der Waals surface area contributed by atoms with Crippen LogP contribution in [-0.2, 0) is 6.61 Å². The average Bonchev–Trinajstić information content (AvgIpc) is 3.10. The summed E-state index contributed by atoms with van der Waals surface area (Å²) in [7, 11) is 1.55. The van der Waals surface area contributed by atoms with Crippen molar-refractivity contribution < 1.29 is 14.3 Å². The number of aryl methyl sites for hydroxylation is 2. The standard InChI is InChI=1S/C19H20N4O3S/c1-12-8-9-13(2)16(10-12)26-11-17-22-23-19(27-17)21-18(24)20-14-6-4-5-7-15(14)25-3/h4-10H,11H2,1-3H3,(H2,20,21,23,24). The molecular weight excluding hydrogens is 364 g/mol. The van der Waals surface area contributed by atoms with Crippen LogP contribution in [-0.4, -0.2) is 23.3 Å². The molecule has 3 rings (SSSR count). The van der Waals surface area contributed by atoms with Gasteiger partial charge in [-0.3, -0.25) is 5.32 Å². The Kier molecular flexibility index (Phi) is 5.87. The van der Waals surface area contributed by atoms with E-state index in [2.05, 4.69) is 20.8 Å². The molecule has 0 aliphatic carbocycles. The summed E-state index contributed by atoms with van der Waals surface area (Å²) in [5.74, 6) is 1.39. The predicted molar refractivity (Wildman–Crippen MR) is 106 cm³/mol. The van der Waals surface area contributed by atoms with Gasteiger partial charge in [-0.05, 0) is 43.2 Å². The first-order chi connectivity index (χ1) is 13.0. The van der Waals surface area contributed by atoms with E-state index in [1.165, 1.54) is 11.3 Å². The normalized spacial score (nSPS) is 10.3. The van der Waals surface area contributed by atoms with Gasteiger partial charge in [-0.2, -0.15) is 0 Å². The van der Waals surface area contributed by atoms with Crippen LogP contribution in [0.15, 0.2) is 42.5 Å². The van der Waals surface area contributed by atoms with Gasteiger partial charge in [0.2, 0.25) is 5.13 Å². The Morgan fingerprint density at radius 2 is 1.89 bits per heavy atom. The Morgan fingerprint density at radius 1 is 1.07 bits per heavy atom. The van der Waals surface area contributed by atoms with Gasteiger partial charge in [-0.1, -0.05) is 35.6 Å². The summed E-state index contributed by atoms with van der Waals surface area (Å²) in [6, 6.07) is 12.8. The second-order valence-electron chi connectivity index (χ2n) is 5.84. The fraction of sp³-hybridized carbons (Fsp3) is 0.211. The first kappa shape index (κ1) is 18.7. The molecule has 2 N–H and O–H groups in total. The first-order valence-electron chi connectivity index (χ1n) is 8.28. The first-order valence-corrected chi connectivity index (χ1v) is 9.10. The van der Waals surface area contributed by atoms with E-state index in [-0.39, 0.29) is 6.61 Å². The van der Waals surface area contributed by atoms with E-state index in [1.807, 2.05) is 44.2 Å². The van der Waals surface area contributed by atoms with Gasteiger partial charge >= 0.3 is 6.03 Å². The van der Waals surface area contributed by atoms with Gasteiger partial charge in [-0.15, -0.1) is 10.2 Å². The van der Waals surface area contributed by atoms with Crippen molar-refractivity contribution in [2.75, 3.05) is 17.7 Å². The number of anilines is 2. The zero-order chi connectivity index (χ0) is 19.2. The number of urea groups is 1. The molecule has 0 aliphatic rings. The number of para-hydroxylation sites is 2. The summed E-state index contributed by atoms with van der Waals surface area (Å²) in [6.45, 7) is 4.29. The highest BCUT2D eigenvalue weighted by Crippen LogP contribution is 2.24. The number of nitrogens with one attached hydrogen (secondary N) is 2. The molecule has 0 bridgehead atoms. The van der Waals surface area contributed by atoms with E-state index in [9.17, 15) is 4.79 Å². The summed E-state index contributed by atoms with van der Waals surface area (Å²) in [5, 5.41) is 14.5. The molecule has 0 spiro atoms. The van der Waals surface area contributed by atoms with Crippen LogP contribution < -0.4 is 20.1 Å². The van der Waals surface area contributed by atoms with Crippen LogP contribution in [0.5, 0.6) is 11.5 Å². The van der Waals surface area contributed by atoms with Crippen LogP contribution in [0.2, 0.25) is 0 Å². The number of benzene rings is 2. The zero-order valence-corrected chi connectivity index (χ0v) is 16.1. The molecule has 1 heterocycles. The minimum Gasteiger partial charge on any atom is -0.495 e. The summed E-state index contributed by atoms with van der Waals surface area (Å²) in [5.41, 5.74) is 2.75. The van der Waals surface area contributed by atoms with Crippen LogP contribution in [0.25, 0.3) is 0 Å². The van der Waals surface area contributed by atoms with Crippen LogP contribution in [0.1, 0.15) is 16.1 Å². The second-order valence-corrected chi connectivity index (χ2v) is 6.90. The van der Waals surface area contributed by atoms with Gasteiger partial charge in [0.15, 0.2) is 5.01 Å². The van der Waals surface area contributed by atoms with Crippen molar-refractivity contribution in [2.24, 2.45) is 0 Å². The predicted octanol–water partition coefficient (Wildman–Crippen LogP) is 4.39. The molecule has 0 unspecified atom stereocenters. The molecule has 2 aromatic carbocycles. The Labute approximate surface area is 161 Å². The Balaban J connectivity index is 1.57. The van der Waals surface area contributed by atoms with Crippen molar-refractivity contribution in [2.45, 2.75) is 20.5 Å². The molecule has 0 atom stereocenters. The number of methoxy groups -OCH3 is 1. The van der Waals surface area contributed by atoms with E-state index in [0.29, 0.717) is 21.6 Å². The monoisotopic (exact) mass is 384 g/mol. The zero-order valence-electron chi connectivity index (χ0n) is 15.3. The van der Waals surface area contributed by atoms with Crippen molar-refractivity contribution in [3.63, 3.8) is 0 Å². The molecule has 7 nitrogen and oxygen atoms in total. The topological polar surface area (TPSA) is 85.4 Å². The number of carbonyl (C=O) groups excluding carboxylic acids is 1. The van der Waals surface area contributed by atoms with E-state index < -0.39 is 6.03 Å². The Hall–Kier alpha value is -3.13. The SMILES string of the molecule is COc1ccccc1NC(=O)Nc1nnc(COc2cc(C)ccc2C)s1. The molecule has 0 saturated carbocycles. The van der Waals surface area contributed by atoms with Crippen LogP contribution in [0, 0.1) is 13.8 Å². The third-order valence-electron chi connectivity index (χ3n) is 3.74. The van der Waals surface area contributed by atoms with Gasteiger partial charge in [0.05, 0.1) is 12.8 Å². The molecule has 0 aliphatic heterocycles. The molecule has 8 heteroatoms. The maximum absolute atomic E-state index is 12.2. The summed E-state index contributed by atoms with van der Waals surface area (Å²) in [6.07, 6.45) is 0. The lowest BCUT2D eigenvalue weighted by Crippen LogP contribution is -2.19. The molecule has 0 fully saturated rings. The van der Waals surface area contributed by atoms with Crippen molar-refractivity contribution in [3.05, 3.63) is 58.6 Å². The lowest BCUT2D eigenvalue weighted by atomic mass is 10.1. The molecule has 3 aromatic rings. The molecule has 0 radical (unpaired) electrons. The van der Waals surface area contributed by atoms with Gasteiger partial charge in [0.1, 0.15) is 18.1 Å². The fourth-order valence-corrected chi connectivity index (χ4v) is 3.01. The molecule has 1 aromatic heterocycles. The largest absolute Gasteiger partial charge is 0.495 e. The molecule has 140 valence electrons. The smallest absolute Gasteiger partial charge is 0.325 e.